The molecule has 0 saturated carbocycles. The van der Waals surface area contributed by atoms with Gasteiger partial charge in [-0.1, -0.05) is 39.7 Å². The molecule has 0 bridgehead atoms. The van der Waals surface area contributed by atoms with E-state index in [1.165, 1.54) is 11.1 Å². The Morgan fingerprint density at radius 2 is 1.85 bits per heavy atom. The van der Waals surface area contributed by atoms with Crippen LogP contribution in [0.4, 0.5) is 0 Å². The lowest BCUT2D eigenvalue weighted by Crippen LogP contribution is -2.15. The van der Waals surface area contributed by atoms with E-state index in [1.807, 2.05) is 25.1 Å². The highest BCUT2D eigenvalue weighted by Gasteiger charge is 2.16. The van der Waals surface area contributed by atoms with Crippen molar-refractivity contribution in [1.82, 2.24) is 0 Å². The summed E-state index contributed by atoms with van der Waals surface area (Å²) in [6, 6.07) is 12.2. The van der Waals surface area contributed by atoms with Crippen molar-refractivity contribution in [2.45, 2.75) is 26.8 Å². The summed E-state index contributed by atoms with van der Waals surface area (Å²) < 4.78 is 6.71. The zero-order valence-corrected chi connectivity index (χ0v) is 13.7. The molecule has 1 unspecified atom stereocenters. The fourth-order valence-corrected chi connectivity index (χ4v) is 2.69. The number of nitrogens with two attached hydrogens (primary N) is 1. The number of aryl methyl sites for hydroxylation is 2. The molecule has 0 saturated heterocycles. The third kappa shape index (κ3) is 3.22. The highest BCUT2D eigenvalue weighted by atomic mass is 79.9. The molecule has 0 fully saturated rings. The second kappa shape index (κ2) is 6.42. The van der Waals surface area contributed by atoms with Gasteiger partial charge in [-0.05, 0) is 50.1 Å². The second-order valence-corrected chi connectivity index (χ2v) is 5.87. The maximum absolute atomic E-state index is 6.49. The van der Waals surface area contributed by atoms with Crippen LogP contribution in [0.25, 0.3) is 0 Å². The van der Waals surface area contributed by atoms with Gasteiger partial charge < -0.3 is 10.5 Å². The molecular weight excluding hydrogens is 314 g/mol. The van der Waals surface area contributed by atoms with Gasteiger partial charge in [-0.2, -0.15) is 0 Å². The van der Waals surface area contributed by atoms with Crippen molar-refractivity contribution in [1.29, 1.82) is 0 Å². The Labute approximate surface area is 129 Å². The molecule has 3 heteroatoms. The highest BCUT2D eigenvalue weighted by Crippen LogP contribution is 2.32. The smallest absolute Gasteiger partial charge is 0.124 e. The topological polar surface area (TPSA) is 35.2 Å². The van der Waals surface area contributed by atoms with Crippen molar-refractivity contribution < 1.29 is 4.74 Å². The Balaban J connectivity index is 2.49. The van der Waals surface area contributed by atoms with Crippen molar-refractivity contribution in [2.24, 2.45) is 5.73 Å². The minimum absolute atomic E-state index is 0.186. The maximum Gasteiger partial charge on any atom is 0.124 e. The van der Waals surface area contributed by atoms with Crippen LogP contribution in [0.3, 0.4) is 0 Å². The zero-order chi connectivity index (χ0) is 14.7. The number of halogens is 1. The van der Waals surface area contributed by atoms with Gasteiger partial charge in [0.05, 0.1) is 12.6 Å². The highest BCUT2D eigenvalue weighted by molar-refractivity contribution is 9.10. The first-order valence-corrected chi connectivity index (χ1v) is 7.57. The fraction of sp³-hybridized carbons (Fsp3) is 0.294. The number of ether oxygens (including phenoxy) is 1. The van der Waals surface area contributed by atoms with Crippen molar-refractivity contribution in [3.8, 4) is 5.75 Å². The summed E-state index contributed by atoms with van der Waals surface area (Å²) in [6.45, 7) is 6.79. The molecule has 0 aliphatic heterocycles. The summed E-state index contributed by atoms with van der Waals surface area (Å²) in [7, 11) is 0. The molecule has 2 N–H and O–H groups in total. The van der Waals surface area contributed by atoms with Crippen LogP contribution in [-0.2, 0) is 0 Å². The molecule has 0 aromatic heterocycles. The normalized spacial score (nSPS) is 12.2. The van der Waals surface area contributed by atoms with Crippen LogP contribution in [0.1, 0.15) is 35.2 Å². The summed E-state index contributed by atoms with van der Waals surface area (Å²) in [5.74, 6) is 0.851. The van der Waals surface area contributed by atoms with E-state index in [-0.39, 0.29) is 6.04 Å². The Hall–Kier alpha value is -1.32. The van der Waals surface area contributed by atoms with Gasteiger partial charge in [0, 0.05) is 10.0 Å². The molecule has 106 valence electrons. The van der Waals surface area contributed by atoms with Crippen molar-refractivity contribution in [3.05, 3.63) is 63.1 Å². The molecule has 0 spiro atoms. The van der Waals surface area contributed by atoms with Gasteiger partial charge in [0.15, 0.2) is 0 Å². The molecule has 0 heterocycles. The summed E-state index contributed by atoms with van der Waals surface area (Å²) >= 11 is 3.51. The van der Waals surface area contributed by atoms with Gasteiger partial charge in [0.2, 0.25) is 0 Å². The maximum atomic E-state index is 6.49. The molecule has 2 aromatic rings. The Kier molecular flexibility index (Phi) is 4.84. The molecule has 2 rings (SSSR count). The lowest BCUT2D eigenvalue weighted by Gasteiger charge is -2.19. The monoisotopic (exact) mass is 333 g/mol. The van der Waals surface area contributed by atoms with Crippen LogP contribution in [-0.4, -0.2) is 6.61 Å². The minimum atomic E-state index is -0.186. The minimum Gasteiger partial charge on any atom is -0.494 e. The molecule has 2 aromatic carbocycles. The predicted molar refractivity (Wildman–Crippen MR) is 87.3 cm³/mol. The van der Waals surface area contributed by atoms with Gasteiger partial charge in [-0.25, -0.2) is 0 Å². The molecular formula is C17H20BrNO. The van der Waals surface area contributed by atoms with E-state index < -0.39 is 0 Å². The van der Waals surface area contributed by atoms with E-state index in [0.717, 1.165) is 21.3 Å². The first kappa shape index (κ1) is 15.1. The zero-order valence-electron chi connectivity index (χ0n) is 12.1. The number of hydrogen-bond acceptors (Lipinski definition) is 2. The average Bonchev–Trinajstić information content (AvgIpc) is 2.43. The summed E-state index contributed by atoms with van der Waals surface area (Å²) in [4.78, 5) is 0. The fourth-order valence-electron chi connectivity index (χ4n) is 2.31. The SMILES string of the molecule is CCOc1ccc(Br)cc1C(N)c1cc(C)ccc1C. The number of hydrogen-bond donors (Lipinski definition) is 1. The van der Waals surface area contributed by atoms with Crippen LogP contribution in [0.15, 0.2) is 40.9 Å². The number of benzene rings is 2. The van der Waals surface area contributed by atoms with Gasteiger partial charge in [0.1, 0.15) is 5.75 Å². The van der Waals surface area contributed by atoms with Crippen LogP contribution in [0.5, 0.6) is 5.75 Å². The third-order valence-electron chi connectivity index (χ3n) is 3.38. The molecule has 0 aliphatic rings. The molecule has 1 atom stereocenters. The van der Waals surface area contributed by atoms with E-state index in [4.69, 9.17) is 10.5 Å². The van der Waals surface area contributed by atoms with Crippen LogP contribution >= 0.6 is 15.9 Å². The summed E-state index contributed by atoms with van der Waals surface area (Å²) in [5, 5.41) is 0. The van der Waals surface area contributed by atoms with E-state index in [9.17, 15) is 0 Å². The van der Waals surface area contributed by atoms with Gasteiger partial charge in [-0.15, -0.1) is 0 Å². The van der Waals surface area contributed by atoms with Crippen molar-refractivity contribution >= 4 is 15.9 Å². The molecule has 2 nitrogen and oxygen atoms in total. The van der Waals surface area contributed by atoms with Gasteiger partial charge in [-0.3, -0.25) is 0 Å². The van der Waals surface area contributed by atoms with Crippen LogP contribution < -0.4 is 10.5 Å². The molecule has 0 amide bonds. The lowest BCUT2D eigenvalue weighted by molar-refractivity contribution is 0.335. The molecule has 0 aliphatic carbocycles. The van der Waals surface area contributed by atoms with Crippen LogP contribution in [0, 0.1) is 13.8 Å². The van der Waals surface area contributed by atoms with Crippen LogP contribution in [0.2, 0.25) is 0 Å². The first-order valence-electron chi connectivity index (χ1n) is 6.78. The Morgan fingerprint density at radius 1 is 1.10 bits per heavy atom. The molecule has 20 heavy (non-hydrogen) atoms. The standard InChI is InChI=1S/C17H20BrNO/c1-4-20-16-8-7-13(18)10-15(16)17(19)14-9-11(2)5-6-12(14)3/h5-10,17H,4,19H2,1-3H3. The Bertz CT molecular complexity index is 610. The Morgan fingerprint density at radius 3 is 2.55 bits per heavy atom. The van der Waals surface area contributed by atoms with Gasteiger partial charge in [0.25, 0.3) is 0 Å². The quantitative estimate of drug-likeness (QED) is 0.893. The van der Waals surface area contributed by atoms with E-state index in [0.29, 0.717) is 6.61 Å². The van der Waals surface area contributed by atoms with E-state index in [1.54, 1.807) is 0 Å². The number of rotatable bonds is 4. The molecule has 0 radical (unpaired) electrons. The second-order valence-electron chi connectivity index (χ2n) is 4.95. The summed E-state index contributed by atoms with van der Waals surface area (Å²) in [6.07, 6.45) is 0. The average molecular weight is 334 g/mol. The van der Waals surface area contributed by atoms with E-state index in [2.05, 4.69) is 48.0 Å². The largest absolute Gasteiger partial charge is 0.494 e. The lowest BCUT2D eigenvalue weighted by atomic mass is 9.94. The first-order chi connectivity index (χ1) is 9.52. The third-order valence-corrected chi connectivity index (χ3v) is 3.87. The summed E-state index contributed by atoms with van der Waals surface area (Å²) in [5.41, 5.74) is 11.1. The van der Waals surface area contributed by atoms with Crippen molar-refractivity contribution in [2.75, 3.05) is 6.61 Å². The predicted octanol–water partition coefficient (Wildman–Crippen LogP) is 4.51. The van der Waals surface area contributed by atoms with Gasteiger partial charge >= 0.3 is 0 Å². The van der Waals surface area contributed by atoms with E-state index >= 15 is 0 Å². The van der Waals surface area contributed by atoms with Crippen molar-refractivity contribution in [3.63, 3.8) is 0 Å².